The largest absolute Gasteiger partial charge is 0.480 e. The molecule has 0 saturated carbocycles. The standard InChI is InChI=1S/C11H18N4O3/c1-11(2,5-12)10(18)15-8(9(16)17)3-7-4-13-6-14-7/h4,6,8H,3,5,12H2,1-2H3,(H,13,14)(H,15,18)(H,16,17)/t8-/m1/s1. The van der Waals surface area contributed by atoms with Crippen LogP contribution in [0.15, 0.2) is 12.5 Å². The van der Waals surface area contributed by atoms with Crippen LogP contribution in [0.2, 0.25) is 0 Å². The van der Waals surface area contributed by atoms with Gasteiger partial charge in [-0.25, -0.2) is 9.78 Å². The summed E-state index contributed by atoms with van der Waals surface area (Å²) in [4.78, 5) is 29.6. The first-order valence-corrected chi connectivity index (χ1v) is 5.58. The van der Waals surface area contributed by atoms with Crippen molar-refractivity contribution < 1.29 is 14.7 Å². The molecule has 5 N–H and O–H groups in total. The Morgan fingerprint density at radius 3 is 2.72 bits per heavy atom. The number of carboxylic acids is 1. The third-order valence-corrected chi connectivity index (χ3v) is 2.71. The summed E-state index contributed by atoms with van der Waals surface area (Å²) in [6.45, 7) is 3.48. The minimum Gasteiger partial charge on any atom is -0.480 e. The summed E-state index contributed by atoms with van der Waals surface area (Å²) in [5.41, 5.74) is 5.33. The van der Waals surface area contributed by atoms with Crippen LogP contribution in [0, 0.1) is 5.41 Å². The van der Waals surface area contributed by atoms with Crippen molar-refractivity contribution in [2.75, 3.05) is 6.54 Å². The maximum absolute atomic E-state index is 11.9. The van der Waals surface area contributed by atoms with E-state index in [9.17, 15) is 9.59 Å². The van der Waals surface area contributed by atoms with Gasteiger partial charge in [0, 0.05) is 24.9 Å². The van der Waals surface area contributed by atoms with Crippen LogP contribution >= 0.6 is 0 Å². The summed E-state index contributed by atoms with van der Waals surface area (Å²) in [5.74, 6) is -1.47. The van der Waals surface area contributed by atoms with E-state index in [-0.39, 0.29) is 18.9 Å². The van der Waals surface area contributed by atoms with Crippen LogP contribution in [-0.4, -0.2) is 39.5 Å². The van der Waals surface area contributed by atoms with Gasteiger partial charge in [0.2, 0.25) is 5.91 Å². The van der Waals surface area contributed by atoms with Gasteiger partial charge >= 0.3 is 5.97 Å². The number of aliphatic carboxylic acids is 1. The van der Waals surface area contributed by atoms with Crippen molar-refractivity contribution in [3.63, 3.8) is 0 Å². The van der Waals surface area contributed by atoms with E-state index in [2.05, 4.69) is 15.3 Å². The molecule has 1 atom stereocenters. The van der Waals surface area contributed by atoms with Gasteiger partial charge in [-0.3, -0.25) is 4.79 Å². The highest BCUT2D eigenvalue weighted by Gasteiger charge is 2.30. The molecule has 0 aromatic carbocycles. The van der Waals surface area contributed by atoms with Gasteiger partial charge in [-0.2, -0.15) is 0 Å². The van der Waals surface area contributed by atoms with E-state index in [0.29, 0.717) is 5.69 Å². The molecule has 1 aromatic rings. The average Bonchev–Trinajstić information content (AvgIpc) is 2.80. The molecule has 7 heteroatoms. The topological polar surface area (TPSA) is 121 Å². The molecule has 0 fully saturated rings. The molecule has 18 heavy (non-hydrogen) atoms. The Morgan fingerprint density at radius 1 is 1.61 bits per heavy atom. The van der Waals surface area contributed by atoms with Crippen LogP contribution in [0.25, 0.3) is 0 Å². The molecule has 1 aromatic heterocycles. The van der Waals surface area contributed by atoms with E-state index >= 15 is 0 Å². The maximum atomic E-state index is 11.9. The summed E-state index contributed by atoms with van der Waals surface area (Å²) in [5, 5.41) is 11.6. The highest BCUT2D eigenvalue weighted by Crippen LogP contribution is 2.13. The lowest BCUT2D eigenvalue weighted by Gasteiger charge is -2.24. The number of hydrogen-bond donors (Lipinski definition) is 4. The molecule has 0 aliphatic rings. The number of rotatable bonds is 6. The van der Waals surface area contributed by atoms with Crippen molar-refractivity contribution in [1.82, 2.24) is 15.3 Å². The predicted molar refractivity (Wildman–Crippen MR) is 64.7 cm³/mol. The molecule has 0 spiro atoms. The van der Waals surface area contributed by atoms with E-state index in [0.717, 1.165) is 0 Å². The first-order chi connectivity index (χ1) is 8.36. The zero-order valence-corrected chi connectivity index (χ0v) is 10.4. The van der Waals surface area contributed by atoms with Gasteiger partial charge in [0.25, 0.3) is 0 Å². The fourth-order valence-corrected chi connectivity index (χ4v) is 1.26. The molecule has 0 aliphatic heterocycles. The second-order valence-corrected chi connectivity index (χ2v) is 4.73. The molecule has 7 nitrogen and oxygen atoms in total. The van der Waals surface area contributed by atoms with Crippen LogP contribution < -0.4 is 11.1 Å². The van der Waals surface area contributed by atoms with E-state index < -0.39 is 17.4 Å². The molecule has 1 amide bonds. The first kappa shape index (κ1) is 14.2. The van der Waals surface area contributed by atoms with Gasteiger partial charge in [0.05, 0.1) is 11.7 Å². The summed E-state index contributed by atoms with van der Waals surface area (Å²) in [6, 6.07) is -0.997. The van der Waals surface area contributed by atoms with E-state index in [4.69, 9.17) is 10.8 Å². The molecule has 0 saturated heterocycles. The Labute approximate surface area is 105 Å². The first-order valence-electron chi connectivity index (χ1n) is 5.58. The Kier molecular flexibility index (Phi) is 4.43. The Bertz CT molecular complexity index is 414. The number of aromatic nitrogens is 2. The van der Waals surface area contributed by atoms with Crippen LogP contribution in [-0.2, 0) is 16.0 Å². The Balaban J connectivity index is 2.70. The minimum absolute atomic E-state index is 0.148. The van der Waals surface area contributed by atoms with Crippen LogP contribution in [0.5, 0.6) is 0 Å². The lowest BCUT2D eigenvalue weighted by molar-refractivity contribution is -0.143. The van der Waals surface area contributed by atoms with Gasteiger partial charge in [0.1, 0.15) is 6.04 Å². The molecule has 1 rings (SSSR count). The van der Waals surface area contributed by atoms with E-state index in [1.807, 2.05) is 0 Å². The van der Waals surface area contributed by atoms with Gasteiger partial charge in [0.15, 0.2) is 0 Å². The lowest BCUT2D eigenvalue weighted by Crippen LogP contribution is -2.49. The zero-order valence-electron chi connectivity index (χ0n) is 10.4. The van der Waals surface area contributed by atoms with Crippen molar-refractivity contribution >= 4 is 11.9 Å². The second kappa shape index (κ2) is 5.63. The summed E-state index contributed by atoms with van der Waals surface area (Å²) in [6.07, 6.45) is 3.14. The van der Waals surface area contributed by atoms with E-state index in [1.54, 1.807) is 13.8 Å². The van der Waals surface area contributed by atoms with Crippen molar-refractivity contribution in [2.45, 2.75) is 26.3 Å². The molecular weight excluding hydrogens is 236 g/mol. The van der Waals surface area contributed by atoms with Crippen molar-refractivity contribution in [3.8, 4) is 0 Å². The SMILES string of the molecule is CC(C)(CN)C(=O)N[C@H](Cc1cnc[nH]1)C(=O)O. The van der Waals surface area contributed by atoms with Crippen LogP contribution in [0.1, 0.15) is 19.5 Å². The molecule has 1 heterocycles. The van der Waals surface area contributed by atoms with Crippen molar-refractivity contribution in [3.05, 3.63) is 18.2 Å². The number of hydrogen-bond acceptors (Lipinski definition) is 4. The number of imidazole rings is 1. The number of amides is 1. The van der Waals surface area contributed by atoms with E-state index in [1.165, 1.54) is 12.5 Å². The Morgan fingerprint density at radius 2 is 2.28 bits per heavy atom. The number of carbonyl (C=O) groups excluding carboxylic acids is 1. The molecule has 0 unspecified atom stereocenters. The van der Waals surface area contributed by atoms with Crippen LogP contribution in [0.4, 0.5) is 0 Å². The van der Waals surface area contributed by atoms with Gasteiger partial charge < -0.3 is 21.1 Å². The average molecular weight is 254 g/mol. The zero-order chi connectivity index (χ0) is 13.8. The Hall–Kier alpha value is -1.89. The summed E-state index contributed by atoms with van der Waals surface area (Å²) in [7, 11) is 0. The third-order valence-electron chi connectivity index (χ3n) is 2.71. The number of nitrogens with zero attached hydrogens (tertiary/aromatic N) is 1. The van der Waals surface area contributed by atoms with Crippen molar-refractivity contribution in [2.24, 2.45) is 11.1 Å². The normalized spacial score (nSPS) is 13.1. The fraction of sp³-hybridized carbons (Fsp3) is 0.545. The number of H-pyrrole nitrogens is 1. The maximum Gasteiger partial charge on any atom is 0.326 e. The van der Waals surface area contributed by atoms with Crippen molar-refractivity contribution in [1.29, 1.82) is 0 Å². The number of carbonyl (C=O) groups is 2. The summed E-state index contributed by atoms with van der Waals surface area (Å²) < 4.78 is 0. The number of aromatic amines is 1. The smallest absolute Gasteiger partial charge is 0.326 e. The number of nitrogens with one attached hydrogen (secondary N) is 2. The summed E-state index contributed by atoms with van der Waals surface area (Å²) >= 11 is 0. The molecule has 100 valence electrons. The lowest BCUT2D eigenvalue weighted by atomic mass is 9.92. The molecule has 0 radical (unpaired) electrons. The quantitative estimate of drug-likeness (QED) is 0.545. The van der Waals surface area contributed by atoms with Gasteiger partial charge in [-0.05, 0) is 13.8 Å². The second-order valence-electron chi connectivity index (χ2n) is 4.73. The monoisotopic (exact) mass is 254 g/mol. The molecule has 0 aliphatic carbocycles. The highest BCUT2D eigenvalue weighted by atomic mass is 16.4. The molecule has 0 bridgehead atoms. The number of nitrogens with two attached hydrogens (primary N) is 1. The molecular formula is C11H18N4O3. The van der Waals surface area contributed by atoms with Gasteiger partial charge in [-0.15, -0.1) is 0 Å². The third kappa shape index (κ3) is 3.56. The minimum atomic E-state index is -1.09. The van der Waals surface area contributed by atoms with Crippen LogP contribution in [0.3, 0.4) is 0 Å². The van der Waals surface area contributed by atoms with Gasteiger partial charge in [-0.1, -0.05) is 0 Å². The predicted octanol–water partition coefficient (Wildman–Crippen LogP) is -0.493. The highest BCUT2D eigenvalue weighted by molar-refractivity contribution is 5.87. The number of carboxylic acid groups (broad SMARTS) is 1. The fourth-order valence-electron chi connectivity index (χ4n) is 1.26.